The van der Waals surface area contributed by atoms with Gasteiger partial charge in [-0.15, -0.1) is 0 Å². The van der Waals surface area contributed by atoms with Crippen LogP contribution in [0.1, 0.15) is 0 Å². The van der Waals surface area contributed by atoms with E-state index in [9.17, 15) is 0 Å². The van der Waals surface area contributed by atoms with Gasteiger partial charge in [0, 0.05) is 11.1 Å². The number of para-hydroxylation sites is 1. The number of aromatic nitrogens is 2. The Labute approximate surface area is 128 Å². The van der Waals surface area contributed by atoms with Gasteiger partial charge in [-0.2, -0.15) is 0 Å². The molecule has 0 unspecified atom stereocenters. The molecule has 0 atom stereocenters. The van der Waals surface area contributed by atoms with Crippen LogP contribution >= 0.6 is 11.6 Å². The van der Waals surface area contributed by atoms with Gasteiger partial charge in [-0.25, -0.2) is 9.97 Å². The van der Waals surface area contributed by atoms with Gasteiger partial charge in [0.1, 0.15) is 5.75 Å². The number of rotatable bonds is 3. The minimum absolute atomic E-state index is 0.220. The molecule has 3 aromatic rings. The Bertz CT molecular complexity index is 760. The van der Waals surface area contributed by atoms with Crippen molar-refractivity contribution in [2.75, 3.05) is 7.11 Å². The molecule has 0 amide bonds. The van der Waals surface area contributed by atoms with Crippen LogP contribution in [0.2, 0.25) is 5.28 Å². The first kappa shape index (κ1) is 13.6. The van der Waals surface area contributed by atoms with Gasteiger partial charge in [-0.05, 0) is 29.8 Å². The van der Waals surface area contributed by atoms with Crippen LogP contribution in [0.3, 0.4) is 0 Å². The van der Waals surface area contributed by atoms with Gasteiger partial charge in [-0.1, -0.05) is 42.5 Å². The highest BCUT2D eigenvalue weighted by Gasteiger charge is 2.10. The summed E-state index contributed by atoms with van der Waals surface area (Å²) in [5, 5.41) is 0.220. The van der Waals surface area contributed by atoms with Crippen LogP contribution in [-0.4, -0.2) is 17.1 Å². The van der Waals surface area contributed by atoms with Gasteiger partial charge in [0.2, 0.25) is 5.28 Å². The van der Waals surface area contributed by atoms with E-state index >= 15 is 0 Å². The third-order valence-electron chi connectivity index (χ3n) is 3.15. The third-order valence-corrected chi connectivity index (χ3v) is 3.32. The van der Waals surface area contributed by atoms with Crippen LogP contribution in [0, 0.1) is 0 Å². The monoisotopic (exact) mass is 296 g/mol. The minimum atomic E-state index is 0.220. The van der Waals surface area contributed by atoms with Gasteiger partial charge in [0.05, 0.1) is 18.5 Å². The zero-order valence-corrected chi connectivity index (χ0v) is 12.2. The Kier molecular flexibility index (Phi) is 3.84. The smallest absolute Gasteiger partial charge is 0.223 e. The molecule has 104 valence electrons. The maximum atomic E-state index is 6.08. The van der Waals surface area contributed by atoms with E-state index in [0.29, 0.717) is 0 Å². The molecule has 0 bridgehead atoms. The number of hydrogen-bond acceptors (Lipinski definition) is 3. The maximum Gasteiger partial charge on any atom is 0.223 e. The van der Waals surface area contributed by atoms with E-state index in [-0.39, 0.29) is 5.28 Å². The lowest BCUT2D eigenvalue weighted by molar-refractivity contribution is 0.416. The first-order valence-electron chi connectivity index (χ1n) is 6.51. The Hall–Kier alpha value is -2.39. The van der Waals surface area contributed by atoms with Crippen molar-refractivity contribution in [3.05, 3.63) is 65.9 Å². The SMILES string of the molecule is COc1ccccc1-c1cc(-c2ccccc2)nc(Cl)n1. The zero-order chi connectivity index (χ0) is 14.7. The molecule has 0 radical (unpaired) electrons. The van der Waals surface area contributed by atoms with E-state index in [1.165, 1.54) is 0 Å². The molecule has 3 rings (SSSR count). The van der Waals surface area contributed by atoms with Crippen LogP contribution in [0.5, 0.6) is 5.75 Å². The summed E-state index contributed by atoms with van der Waals surface area (Å²) in [5.41, 5.74) is 3.42. The lowest BCUT2D eigenvalue weighted by atomic mass is 10.1. The molecule has 21 heavy (non-hydrogen) atoms. The lowest BCUT2D eigenvalue weighted by Gasteiger charge is -2.09. The molecule has 1 aromatic heterocycles. The minimum Gasteiger partial charge on any atom is -0.496 e. The molecule has 0 aliphatic carbocycles. The third kappa shape index (κ3) is 2.88. The molecule has 2 aromatic carbocycles. The number of ether oxygens (including phenoxy) is 1. The Morgan fingerprint density at radius 1 is 0.857 bits per heavy atom. The van der Waals surface area contributed by atoms with Gasteiger partial charge in [0.25, 0.3) is 0 Å². The Morgan fingerprint density at radius 3 is 2.29 bits per heavy atom. The molecule has 0 spiro atoms. The number of benzene rings is 2. The van der Waals surface area contributed by atoms with Gasteiger partial charge in [0.15, 0.2) is 0 Å². The summed E-state index contributed by atoms with van der Waals surface area (Å²) in [7, 11) is 1.64. The van der Waals surface area contributed by atoms with Crippen molar-refractivity contribution >= 4 is 11.6 Å². The molecule has 0 aliphatic heterocycles. The topological polar surface area (TPSA) is 35.0 Å². The summed E-state index contributed by atoms with van der Waals surface area (Å²) in [6.45, 7) is 0. The molecule has 3 nitrogen and oxygen atoms in total. The van der Waals surface area contributed by atoms with Crippen LogP contribution in [0.25, 0.3) is 22.5 Å². The molecular formula is C17H13ClN2O. The largest absolute Gasteiger partial charge is 0.496 e. The van der Waals surface area contributed by atoms with E-state index in [4.69, 9.17) is 16.3 Å². The summed E-state index contributed by atoms with van der Waals surface area (Å²) in [6.07, 6.45) is 0. The van der Waals surface area contributed by atoms with Crippen LogP contribution in [0.4, 0.5) is 0 Å². The van der Waals surface area contributed by atoms with E-state index in [0.717, 1.165) is 28.3 Å². The first-order valence-corrected chi connectivity index (χ1v) is 6.89. The highest BCUT2D eigenvalue weighted by atomic mass is 35.5. The predicted octanol–water partition coefficient (Wildman–Crippen LogP) is 4.47. The van der Waals surface area contributed by atoms with Crippen molar-refractivity contribution in [2.45, 2.75) is 0 Å². The fraction of sp³-hybridized carbons (Fsp3) is 0.0588. The van der Waals surface area contributed by atoms with Crippen molar-refractivity contribution < 1.29 is 4.74 Å². The van der Waals surface area contributed by atoms with Crippen LogP contribution < -0.4 is 4.74 Å². The van der Waals surface area contributed by atoms with Crippen molar-refractivity contribution in [2.24, 2.45) is 0 Å². The van der Waals surface area contributed by atoms with Gasteiger partial charge in [-0.3, -0.25) is 0 Å². The number of hydrogen-bond donors (Lipinski definition) is 0. The zero-order valence-electron chi connectivity index (χ0n) is 11.5. The van der Waals surface area contributed by atoms with Crippen molar-refractivity contribution in [3.63, 3.8) is 0 Å². The Balaban J connectivity index is 2.14. The quantitative estimate of drug-likeness (QED) is 0.669. The van der Waals surface area contributed by atoms with Gasteiger partial charge < -0.3 is 4.74 Å². The molecule has 0 saturated carbocycles. The average Bonchev–Trinajstić information content (AvgIpc) is 2.55. The molecular weight excluding hydrogens is 284 g/mol. The summed E-state index contributed by atoms with van der Waals surface area (Å²) in [4.78, 5) is 8.61. The van der Waals surface area contributed by atoms with E-state index in [1.807, 2.05) is 60.7 Å². The molecule has 1 heterocycles. The molecule has 4 heteroatoms. The summed E-state index contributed by atoms with van der Waals surface area (Å²) in [6, 6.07) is 19.5. The number of halogens is 1. The number of nitrogens with zero attached hydrogens (tertiary/aromatic N) is 2. The lowest BCUT2D eigenvalue weighted by Crippen LogP contribution is -1.94. The predicted molar refractivity (Wildman–Crippen MR) is 84.5 cm³/mol. The fourth-order valence-corrected chi connectivity index (χ4v) is 2.35. The maximum absolute atomic E-state index is 6.08. The van der Waals surface area contributed by atoms with Crippen LogP contribution in [-0.2, 0) is 0 Å². The standard InChI is InChI=1S/C17H13ClN2O/c1-21-16-10-6-5-9-13(16)15-11-14(19-17(18)20-15)12-7-3-2-4-8-12/h2-11H,1H3. The molecule has 0 saturated heterocycles. The van der Waals surface area contributed by atoms with Crippen molar-refractivity contribution in [1.29, 1.82) is 0 Å². The molecule has 0 aliphatic rings. The second-order valence-corrected chi connectivity index (χ2v) is 4.81. The summed E-state index contributed by atoms with van der Waals surface area (Å²) < 4.78 is 5.38. The second kappa shape index (κ2) is 5.94. The summed E-state index contributed by atoms with van der Waals surface area (Å²) in [5.74, 6) is 0.756. The highest BCUT2D eigenvalue weighted by molar-refractivity contribution is 6.28. The summed E-state index contributed by atoms with van der Waals surface area (Å²) >= 11 is 6.08. The first-order chi connectivity index (χ1) is 10.3. The van der Waals surface area contributed by atoms with E-state index < -0.39 is 0 Å². The van der Waals surface area contributed by atoms with E-state index in [2.05, 4.69) is 9.97 Å². The van der Waals surface area contributed by atoms with E-state index in [1.54, 1.807) is 7.11 Å². The van der Waals surface area contributed by atoms with Gasteiger partial charge >= 0.3 is 0 Å². The van der Waals surface area contributed by atoms with Crippen LogP contribution in [0.15, 0.2) is 60.7 Å². The Morgan fingerprint density at radius 2 is 1.52 bits per heavy atom. The fourth-order valence-electron chi connectivity index (χ4n) is 2.17. The van der Waals surface area contributed by atoms with Crippen molar-refractivity contribution in [1.82, 2.24) is 9.97 Å². The number of methoxy groups -OCH3 is 1. The highest BCUT2D eigenvalue weighted by Crippen LogP contribution is 2.31. The normalized spacial score (nSPS) is 10.4. The van der Waals surface area contributed by atoms with Crippen molar-refractivity contribution in [3.8, 4) is 28.3 Å². The average molecular weight is 297 g/mol. The second-order valence-electron chi connectivity index (χ2n) is 4.47. The molecule has 0 N–H and O–H groups in total. The molecule has 0 fully saturated rings.